The molecule has 114 valence electrons. The minimum Gasteiger partial charge on any atom is -0.392 e. The van der Waals surface area contributed by atoms with Gasteiger partial charge in [-0.2, -0.15) is 0 Å². The Balaban J connectivity index is 3.11. The maximum absolute atomic E-state index is 12.6. The zero-order valence-corrected chi connectivity index (χ0v) is 13.6. The molecule has 0 heterocycles. The Bertz CT molecular complexity index is 552. The minimum absolute atomic E-state index is 0.150. The number of aryl methyl sites for hydroxylation is 1. The highest BCUT2D eigenvalue weighted by Crippen LogP contribution is 2.24. The topological polar surface area (TPSA) is 57.6 Å². The van der Waals surface area contributed by atoms with Crippen LogP contribution >= 0.6 is 0 Å². The van der Waals surface area contributed by atoms with E-state index in [0.717, 1.165) is 30.4 Å². The molecule has 0 atom stereocenters. The second kappa shape index (κ2) is 7.20. The Morgan fingerprint density at radius 2 is 1.85 bits per heavy atom. The van der Waals surface area contributed by atoms with Gasteiger partial charge in [-0.3, -0.25) is 0 Å². The quantitative estimate of drug-likeness (QED) is 0.787. The van der Waals surface area contributed by atoms with Gasteiger partial charge in [-0.05, 0) is 43.0 Å². The van der Waals surface area contributed by atoms with Crippen LogP contribution in [0.5, 0.6) is 0 Å². The van der Waals surface area contributed by atoms with Crippen molar-refractivity contribution in [1.82, 2.24) is 4.31 Å². The van der Waals surface area contributed by atoms with E-state index in [9.17, 15) is 13.5 Å². The van der Waals surface area contributed by atoms with Gasteiger partial charge in [0.1, 0.15) is 0 Å². The lowest BCUT2D eigenvalue weighted by Gasteiger charge is -2.20. The van der Waals surface area contributed by atoms with Gasteiger partial charge in [0.15, 0.2) is 0 Å². The van der Waals surface area contributed by atoms with E-state index in [4.69, 9.17) is 0 Å². The van der Waals surface area contributed by atoms with Crippen molar-refractivity contribution in [2.45, 2.75) is 51.5 Å². The molecule has 1 aromatic carbocycles. The van der Waals surface area contributed by atoms with Crippen LogP contribution in [-0.4, -0.2) is 31.4 Å². The van der Waals surface area contributed by atoms with Gasteiger partial charge in [-0.1, -0.05) is 25.8 Å². The smallest absolute Gasteiger partial charge is 0.243 e. The van der Waals surface area contributed by atoms with E-state index in [1.165, 1.54) is 4.31 Å². The van der Waals surface area contributed by atoms with Gasteiger partial charge in [-0.15, -0.1) is 0 Å². The zero-order valence-electron chi connectivity index (χ0n) is 12.8. The first-order valence-corrected chi connectivity index (χ1v) is 8.46. The molecule has 1 aromatic rings. The van der Waals surface area contributed by atoms with E-state index in [0.29, 0.717) is 17.0 Å². The van der Waals surface area contributed by atoms with Crippen LogP contribution in [0.4, 0.5) is 0 Å². The lowest BCUT2D eigenvalue weighted by atomic mass is 10.1. The molecule has 0 radical (unpaired) electrons. The highest BCUT2D eigenvalue weighted by Gasteiger charge is 2.23. The van der Waals surface area contributed by atoms with Crippen molar-refractivity contribution in [3.63, 3.8) is 0 Å². The highest BCUT2D eigenvalue weighted by molar-refractivity contribution is 7.89. The molecule has 0 unspecified atom stereocenters. The molecule has 0 saturated heterocycles. The largest absolute Gasteiger partial charge is 0.392 e. The molecule has 4 nitrogen and oxygen atoms in total. The summed E-state index contributed by atoms with van der Waals surface area (Å²) in [7, 11) is -1.87. The second-order valence-electron chi connectivity index (χ2n) is 5.23. The van der Waals surface area contributed by atoms with Crippen molar-refractivity contribution < 1.29 is 13.5 Å². The van der Waals surface area contributed by atoms with Crippen molar-refractivity contribution >= 4 is 10.0 Å². The van der Waals surface area contributed by atoms with Crippen molar-refractivity contribution in [1.29, 1.82) is 0 Å². The fourth-order valence-electron chi connectivity index (χ4n) is 2.13. The number of unbranched alkanes of at least 4 members (excludes halogenated alkanes) is 2. The van der Waals surface area contributed by atoms with Crippen LogP contribution in [0.2, 0.25) is 0 Å². The van der Waals surface area contributed by atoms with Gasteiger partial charge >= 0.3 is 0 Å². The number of aliphatic hydroxyl groups excluding tert-OH is 1. The first kappa shape index (κ1) is 17.1. The summed E-state index contributed by atoms with van der Waals surface area (Å²) in [5, 5.41) is 9.25. The van der Waals surface area contributed by atoms with E-state index in [2.05, 4.69) is 6.92 Å². The number of benzene rings is 1. The summed E-state index contributed by atoms with van der Waals surface area (Å²) < 4.78 is 26.6. The third kappa shape index (κ3) is 3.81. The highest BCUT2D eigenvalue weighted by atomic mass is 32.2. The Kier molecular flexibility index (Phi) is 6.17. The van der Waals surface area contributed by atoms with Crippen LogP contribution in [0, 0.1) is 13.8 Å². The average molecular weight is 299 g/mol. The van der Waals surface area contributed by atoms with Gasteiger partial charge in [0.25, 0.3) is 0 Å². The Hall–Kier alpha value is -0.910. The number of sulfonamides is 1. The van der Waals surface area contributed by atoms with E-state index in [-0.39, 0.29) is 6.61 Å². The van der Waals surface area contributed by atoms with Crippen molar-refractivity contribution in [2.24, 2.45) is 0 Å². The fraction of sp³-hybridized carbons (Fsp3) is 0.600. The number of nitrogens with zero attached hydrogens (tertiary/aromatic N) is 1. The predicted molar refractivity (Wildman–Crippen MR) is 81.2 cm³/mol. The number of hydrogen-bond acceptors (Lipinski definition) is 3. The van der Waals surface area contributed by atoms with Crippen molar-refractivity contribution in [3.05, 3.63) is 28.8 Å². The molecule has 1 N–H and O–H groups in total. The van der Waals surface area contributed by atoms with Gasteiger partial charge in [0, 0.05) is 13.6 Å². The predicted octanol–water partition coefficient (Wildman–Crippen LogP) is 2.61. The third-order valence-electron chi connectivity index (χ3n) is 3.63. The number of hydrogen-bond donors (Lipinski definition) is 1. The van der Waals surface area contributed by atoms with Gasteiger partial charge in [-0.25, -0.2) is 12.7 Å². The first-order valence-electron chi connectivity index (χ1n) is 7.02. The molecule has 0 bridgehead atoms. The lowest BCUT2D eigenvalue weighted by molar-refractivity contribution is 0.281. The van der Waals surface area contributed by atoms with Crippen LogP contribution in [0.15, 0.2) is 17.0 Å². The standard InChI is InChI=1S/C15H25NO3S/c1-5-6-7-8-16(4)20(18,19)15-10-14(11-17)9-12(2)13(15)3/h9-10,17H,5-8,11H2,1-4H3. The SMILES string of the molecule is CCCCCN(C)S(=O)(=O)c1cc(CO)cc(C)c1C. The van der Waals surface area contributed by atoms with Crippen LogP contribution in [-0.2, 0) is 16.6 Å². The van der Waals surface area contributed by atoms with E-state index < -0.39 is 10.0 Å². The van der Waals surface area contributed by atoms with E-state index >= 15 is 0 Å². The Labute approximate surface area is 122 Å². The van der Waals surface area contributed by atoms with Crippen molar-refractivity contribution in [3.8, 4) is 0 Å². The number of aliphatic hydroxyl groups is 1. The van der Waals surface area contributed by atoms with Crippen LogP contribution in [0.25, 0.3) is 0 Å². The monoisotopic (exact) mass is 299 g/mol. The summed E-state index contributed by atoms with van der Waals surface area (Å²) >= 11 is 0. The van der Waals surface area contributed by atoms with Gasteiger partial charge in [0.2, 0.25) is 10.0 Å². The first-order chi connectivity index (χ1) is 9.34. The summed E-state index contributed by atoms with van der Waals surface area (Å²) in [6.45, 7) is 6.14. The third-order valence-corrected chi connectivity index (χ3v) is 5.61. The summed E-state index contributed by atoms with van der Waals surface area (Å²) in [6, 6.07) is 3.40. The Morgan fingerprint density at radius 1 is 1.20 bits per heavy atom. The summed E-state index contributed by atoms with van der Waals surface area (Å²) in [4.78, 5) is 0.306. The van der Waals surface area contributed by atoms with Crippen LogP contribution in [0.3, 0.4) is 0 Å². The van der Waals surface area contributed by atoms with Crippen LogP contribution < -0.4 is 0 Å². The number of rotatable bonds is 7. The molecule has 20 heavy (non-hydrogen) atoms. The zero-order chi connectivity index (χ0) is 15.3. The average Bonchev–Trinajstić information content (AvgIpc) is 2.41. The molecule has 0 fully saturated rings. The van der Waals surface area contributed by atoms with Gasteiger partial charge in [0.05, 0.1) is 11.5 Å². The lowest BCUT2D eigenvalue weighted by Crippen LogP contribution is -2.28. The summed E-state index contributed by atoms with van der Waals surface area (Å²) in [6.07, 6.45) is 2.95. The van der Waals surface area contributed by atoms with Crippen molar-refractivity contribution in [2.75, 3.05) is 13.6 Å². The Morgan fingerprint density at radius 3 is 2.40 bits per heavy atom. The second-order valence-corrected chi connectivity index (χ2v) is 7.24. The molecule has 5 heteroatoms. The molecule has 0 aromatic heterocycles. The fourth-order valence-corrected chi connectivity index (χ4v) is 3.68. The van der Waals surface area contributed by atoms with Crippen LogP contribution in [0.1, 0.15) is 42.9 Å². The van der Waals surface area contributed by atoms with E-state index in [1.807, 2.05) is 19.9 Å². The summed E-state index contributed by atoms with van der Waals surface area (Å²) in [5.74, 6) is 0. The summed E-state index contributed by atoms with van der Waals surface area (Å²) in [5.41, 5.74) is 2.27. The molecule has 0 aliphatic heterocycles. The van der Waals surface area contributed by atoms with Gasteiger partial charge < -0.3 is 5.11 Å². The molecule has 1 rings (SSSR count). The molecule has 0 spiro atoms. The normalized spacial score (nSPS) is 12.1. The molecular formula is C15H25NO3S. The molecular weight excluding hydrogens is 274 g/mol. The molecule has 0 aliphatic rings. The molecule has 0 amide bonds. The maximum atomic E-state index is 12.6. The minimum atomic E-state index is -3.48. The molecule has 0 saturated carbocycles. The van der Waals surface area contributed by atoms with E-state index in [1.54, 1.807) is 13.1 Å². The maximum Gasteiger partial charge on any atom is 0.243 e. The molecule has 0 aliphatic carbocycles.